The van der Waals surface area contributed by atoms with Gasteiger partial charge in [0.1, 0.15) is 5.82 Å². The van der Waals surface area contributed by atoms with Crippen molar-refractivity contribution >= 4 is 29.2 Å². The van der Waals surface area contributed by atoms with Gasteiger partial charge in [-0.3, -0.25) is 9.48 Å². The van der Waals surface area contributed by atoms with Gasteiger partial charge in [0.05, 0.1) is 39.5 Å². The maximum atomic E-state index is 14.8. The Morgan fingerprint density at radius 1 is 1.03 bits per heavy atom. The van der Waals surface area contributed by atoms with Crippen molar-refractivity contribution in [1.82, 2.24) is 9.78 Å². The van der Waals surface area contributed by atoms with E-state index in [9.17, 15) is 27.5 Å². The molecule has 1 unspecified atom stereocenters. The maximum Gasteiger partial charge on any atom is 0.419 e. The van der Waals surface area contributed by atoms with Crippen molar-refractivity contribution in [2.24, 2.45) is 0 Å². The van der Waals surface area contributed by atoms with Gasteiger partial charge in [0, 0.05) is 12.0 Å². The number of alkyl halides is 3. The number of aromatic nitrogens is 2. The fraction of sp³-hybridized carbons (Fsp3) is 0.185. The molecule has 0 bridgehead atoms. The van der Waals surface area contributed by atoms with E-state index < -0.39 is 35.0 Å². The second-order valence-electron chi connectivity index (χ2n) is 8.59. The molecule has 10 heteroatoms. The number of carboxylic acid groups (broad SMARTS) is 1. The third-order valence-electron chi connectivity index (χ3n) is 5.92. The summed E-state index contributed by atoms with van der Waals surface area (Å²) in [7, 11) is 0. The largest absolute Gasteiger partial charge is 0.481 e. The Balaban J connectivity index is 1.75. The van der Waals surface area contributed by atoms with E-state index in [1.807, 2.05) is 31.2 Å². The van der Waals surface area contributed by atoms with Crippen molar-refractivity contribution in [2.75, 3.05) is 0 Å². The van der Waals surface area contributed by atoms with Crippen LogP contribution < -0.4 is 0 Å². The highest BCUT2D eigenvalue weighted by molar-refractivity contribution is 6.42. The zero-order valence-corrected chi connectivity index (χ0v) is 20.9. The second-order valence-corrected chi connectivity index (χ2v) is 9.41. The first kappa shape index (κ1) is 26.7. The second kappa shape index (κ2) is 10.6. The lowest BCUT2D eigenvalue weighted by atomic mass is 9.92. The molecule has 1 atom stereocenters. The van der Waals surface area contributed by atoms with E-state index in [1.54, 1.807) is 28.9 Å². The van der Waals surface area contributed by atoms with Gasteiger partial charge in [-0.05, 0) is 42.3 Å². The molecule has 0 aliphatic heterocycles. The van der Waals surface area contributed by atoms with E-state index in [4.69, 9.17) is 23.2 Å². The van der Waals surface area contributed by atoms with Gasteiger partial charge in [0.25, 0.3) is 0 Å². The summed E-state index contributed by atoms with van der Waals surface area (Å²) < 4.78 is 56.1. The predicted octanol–water partition coefficient (Wildman–Crippen LogP) is 7.78. The number of halogens is 6. The van der Waals surface area contributed by atoms with Crippen molar-refractivity contribution < 1.29 is 27.5 Å². The number of aryl methyl sites for hydroxylation is 1. The Labute approximate surface area is 220 Å². The minimum absolute atomic E-state index is 0.260. The number of carboxylic acids is 1. The van der Waals surface area contributed by atoms with Gasteiger partial charge in [0.15, 0.2) is 0 Å². The molecule has 4 rings (SSSR count). The first-order valence-electron chi connectivity index (χ1n) is 11.1. The number of rotatable bonds is 7. The summed E-state index contributed by atoms with van der Waals surface area (Å²) in [5, 5.41) is 15.1. The summed E-state index contributed by atoms with van der Waals surface area (Å²) in [4.78, 5) is 12.1. The molecule has 1 aromatic heterocycles. The molecule has 0 aliphatic carbocycles. The van der Waals surface area contributed by atoms with E-state index in [2.05, 4.69) is 5.10 Å². The zero-order valence-electron chi connectivity index (χ0n) is 19.4. The average molecular weight is 551 g/mol. The van der Waals surface area contributed by atoms with Gasteiger partial charge >= 0.3 is 12.1 Å². The van der Waals surface area contributed by atoms with E-state index in [0.29, 0.717) is 21.8 Å². The first-order chi connectivity index (χ1) is 17.4. The Bertz CT molecular complexity index is 1450. The minimum atomic E-state index is -4.96. The SMILES string of the molecule is Cc1ccc(-c2cc(CC(C(=O)O)c3cccc(C(F)(F)F)c3F)nn2Cc2ccc(Cl)c(Cl)c2)cc1. The third-order valence-corrected chi connectivity index (χ3v) is 6.65. The summed E-state index contributed by atoms with van der Waals surface area (Å²) in [6, 6.07) is 17.0. The van der Waals surface area contributed by atoms with E-state index in [1.165, 1.54) is 0 Å². The molecular formula is C27H20Cl2F4N2O2. The van der Waals surface area contributed by atoms with E-state index >= 15 is 0 Å². The number of nitrogens with zero attached hydrogens (tertiary/aromatic N) is 2. The zero-order chi connectivity index (χ0) is 26.9. The number of benzene rings is 3. The van der Waals surface area contributed by atoms with Gasteiger partial charge in [-0.1, -0.05) is 71.2 Å². The molecule has 1 heterocycles. The molecule has 4 nitrogen and oxygen atoms in total. The number of hydrogen-bond donors (Lipinski definition) is 1. The Kier molecular flexibility index (Phi) is 7.62. The highest BCUT2D eigenvalue weighted by Gasteiger charge is 2.37. The molecule has 1 N–H and O–H groups in total. The van der Waals surface area contributed by atoms with Crippen LogP contribution in [0.25, 0.3) is 11.3 Å². The quantitative estimate of drug-likeness (QED) is 0.239. The molecule has 0 saturated carbocycles. The highest BCUT2D eigenvalue weighted by atomic mass is 35.5. The Morgan fingerprint density at radius 2 is 1.73 bits per heavy atom. The molecule has 0 saturated heterocycles. The van der Waals surface area contributed by atoms with E-state index in [0.717, 1.165) is 28.8 Å². The molecule has 4 aromatic rings. The molecule has 0 spiro atoms. The van der Waals surface area contributed by atoms with Gasteiger partial charge in [-0.25, -0.2) is 4.39 Å². The molecule has 0 radical (unpaired) electrons. The normalized spacial score (nSPS) is 12.5. The summed E-state index contributed by atoms with van der Waals surface area (Å²) in [6.45, 7) is 2.19. The monoisotopic (exact) mass is 550 g/mol. The molecular weight excluding hydrogens is 531 g/mol. The van der Waals surface area contributed by atoms with Gasteiger partial charge < -0.3 is 5.11 Å². The summed E-state index contributed by atoms with van der Waals surface area (Å²) in [6.07, 6.45) is -5.27. The number of aliphatic carboxylic acids is 1. The number of carbonyl (C=O) groups is 1. The van der Waals surface area contributed by atoms with Gasteiger partial charge in [-0.2, -0.15) is 18.3 Å². The van der Waals surface area contributed by atoms with Crippen molar-refractivity contribution in [3.8, 4) is 11.3 Å². The smallest absolute Gasteiger partial charge is 0.419 e. The topological polar surface area (TPSA) is 55.1 Å². The fourth-order valence-corrected chi connectivity index (χ4v) is 4.36. The van der Waals surface area contributed by atoms with Gasteiger partial charge in [0.2, 0.25) is 0 Å². The molecule has 0 amide bonds. The van der Waals surface area contributed by atoms with Crippen LogP contribution in [-0.4, -0.2) is 20.9 Å². The molecule has 3 aromatic carbocycles. The van der Waals surface area contributed by atoms with Crippen LogP contribution in [0.15, 0.2) is 66.7 Å². The van der Waals surface area contributed by atoms with Crippen molar-refractivity contribution in [2.45, 2.75) is 32.0 Å². The summed E-state index contributed by atoms with van der Waals surface area (Å²) in [5.74, 6) is -4.65. The van der Waals surface area contributed by atoms with Crippen LogP contribution in [0.3, 0.4) is 0 Å². The molecule has 37 heavy (non-hydrogen) atoms. The van der Waals surface area contributed by atoms with Crippen LogP contribution in [-0.2, 0) is 23.9 Å². The third kappa shape index (κ3) is 5.97. The van der Waals surface area contributed by atoms with Crippen LogP contribution >= 0.6 is 23.2 Å². The maximum absolute atomic E-state index is 14.8. The number of hydrogen-bond acceptors (Lipinski definition) is 2. The lowest BCUT2D eigenvalue weighted by Gasteiger charge is -2.16. The lowest BCUT2D eigenvalue weighted by Crippen LogP contribution is -2.19. The van der Waals surface area contributed by atoms with Crippen LogP contribution in [0, 0.1) is 12.7 Å². The fourth-order valence-electron chi connectivity index (χ4n) is 4.04. The Hall–Kier alpha value is -3.36. The van der Waals surface area contributed by atoms with Crippen LogP contribution in [0.5, 0.6) is 0 Å². The lowest BCUT2D eigenvalue weighted by molar-refractivity contribution is -0.141. The van der Waals surface area contributed by atoms with Gasteiger partial charge in [-0.15, -0.1) is 0 Å². The highest BCUT2D eigenvalue weighted by Crippen LogP contribution is 2.35. The molecule has 192 valence electrons. The molecule has 0 fully saturated rings. The standard InChI is InChI=1S/C27H20Cl2F4N2O2/c1-15-5-8-17(9-6-15)24-13-18(34-35(24)14-16-7-10-22(28)23(29)11-16)12-20(26(36)37)19-3-2-4-21(25(19)30)27(31,32)33/h2-11,13,20H,12,14H2,1H3,(H,36,37). The molecule has 0 aliphatic rings. The van der Waals surface area contributed by atoms with Crippen molar-refractivity contribution in [3.05, 3.63) is 111 Å². The van der Waals surface area contributed by atoms with Crippen molar-refractivity contribution in [3.63, 3.8) is 0 Å². The average Bonchev–Trinajstić information content (AvgIpc) is 3.22. The summed E-state index contributed by atoms with van der Waals surface area (Å²) >= 11 is 12.2. The van der Waals surface area contributed by atoms with E-state index in [-0.39, 0.29) is 18.7 Å². The van der Waals surface area contributed by atoms with Crippen molar-refractivity contribution in [1.29, 1.82) is 0 Å². The van der Waals surface area contributed by atoms with Crippen LogP contribution in [0.1, 0.15) is 33.9 Å². The predicted molar refractivity (Wildman–Crippen MR) is 133 cm³/mol. The minimum Gasteiger partial charge on any atom is -0.481 e. The Morgan fingerprint density at radius 3 is 2.35 bits per heavy atom. The van der Waals surface area contributed by atoms with Crippen LogP contribution in [0.4, 0.5) is 17.6 Å². The summed E-state index contributed by atoms with van der Waals surface area (Å²) in [5.41, 5.74) is 1.46. The van der Waals surface area contributed by atoms with Crippen LogP contribution in [0.2, 0.25) is 10.0 Å². The first-order valence-corrected chi connectivity index (χ1v) is 11.9.